The molecular weight excluding hydrogens is 250 g/mol. The Morgan fingerprint density at radius 3 is 2.84 bits per heavy atom. The number of rotatable bonds is 6. The molecule has 0 unspecified atom stereocenters. The van der Waals surface area contributed by atoms with Crippen LogP contribution >= 0.6 is 0 Å². The van der Waals surface area contributed by atoms with E-state index in [2.05, 4.69) is 5.32 Å². The zero-order valence-electron chi connectivity index (χ0n) is 10.6. The minimum atomic E-state index is -0.226. The largest absolute Gasteiger partial charge is 0.483 e. The van der Waals surface area contributed by atoms with Crippen LogP contribution in [0.2, 0.25) is 0 Å². The van der Waals surface area contributed by atoms with Crippen LogP contribution in [0, 0.1) is 0 Å². The molecule has 0 fully saturated rings. The minimum Gasteiger partial charge on any atom is -0.483 e. The van der Waals surface area contributed by atoms with E-state index in [-0.39, 0.29) is 19.3 Å². The molecule has 1 amide bonds. The summed E-state index contributed by atoms with van der Waals surface area (Å²) in [7, 11) is 0. The highest BCUT2D eigenvalue weighted by Gasteiger charge is 2.18. The van der Waals surface area contributed by atoms with E-state index in [1.165, 1.54) is 6.07 Å². The number of amides is 1. The van der Waals surface area contributed by atoms with Crippen LogP contribution in [0.5, 0.6) is 17.2 Å². The molecule has 0 saturated carbocycles. The van der Waals surface area contributed by atoms with Crippen LogP contribution in [-0.2, 0) is 4.79 Å². The van der Waals surface area contributed by atoms with Crippen molar-refractivity contribution in [2.24, 2.45) is 0 Å². The molecule has 1 aromatic rings. The van der Waals surface area contributed by atoms with Crippen molar-refractivity contribution in [3.63, 3.8) is 0 Å². The highest BCUT2D eigenvalue weighted by Crippen LogP contribution is 2.37. The molecule has 1 aliphatic rings. The summed E-state index contributed by atoms with van der Waals surface area (Å²) < 4.78 is 15.7. The van der Waals surface area contributed by atoms with Crippen molar-refractivity contribution in [1.82, 2.24) is 5.32 Å². The predicted octanol–water partition coefficient (Wildman–Crippen LogP) is 1.13. The lowest BCUT2D eigenvalue weighted by Crippen LogP contribution is -2.29. The standard InChI is InChI=1S/C13H15NO5/c1-2-3-14-13(16)7-17-10-5-12-11(18-8-19-12)4-9(10)6-15/h4-6H,2-3,7-8H2,1H3,(H,14,16). The topological polar surface area (TPSA) is 73.9 Å². The van der Waals surface area contributed by atoms with E-state index in [9.17, 15) is 9.59 Å². The Morgan fingerprint density at radius 2 is 2.16 bits per heavy atom. The second kappa shape index (κ2) is 6.08. The van der Waals surface area contributed by atoms with Gasteiger partial charge in [-0.25, -0.2) is 0 Å². The Hall–Kier alpha value is -2.24. The average Bonchev–Trinajstić information content (AvgIpc) is 2.88. The number of ether oxygens (including phenoxy) is 3. The first kappa shape index (κ1) is 13.2. The van der Waals surface area contributed by atoms with Crippen molar-refractivity contribution >= 4 is 12.2 Å². The summed E-state index contributed by atoms with van der Waals surface area (Å²) in [4.78, 5) is 22.4. The lowest BCUT2D eigenvalue weighted by molar-refractivity contribution is -0.123. The van der Waals surface area contributed by atoms with Crippen LogP contribution in [-0.4, -0.2) is 32.1 Å². The third-order valence-electron chi connectivity index (χ3n) is 2.56. The molecule has 0 bridgehead atoms. The highest BCUT2D eigenvalue weighted by molar-refractivity contribution is 5.82. The maximum absolute atomic E-state index is 11.4. The highest BCUT2D eigenvalue weighted by atomic mass is 16.7. The molecule has 0 atom stereocenters. The molecule has 0 aliphatic carbocycles. The van der Waals surface area contributed by atoms with Gasteiger partial charge in [0, 0.05) is 12.6 Å². The van der Waals surface area contributed by atoms with Crippen molar-refractivity contribution in [3.8, 4) is 17.2 Å². The molecule has 6 nitrogen and oxygen atoms in total. The molecular formula is C13H15NO5. The molecule has 2 rings (SSSR count). The molecule has 102 valence electrons. The van der Waals surface area contributed by atoms with Gasteiger partial charge in [-0.15, -0.1) is 0 Å². The van der Waals surface area contributed by atoms with Gasteiger partial charge in [0.25, 0.3) is 5.91 Å². The third-order valence-corrected chi connectivity index (χ3v) is 2.56. The molecule has 0 spiro atoms. The number of benzene rings is 1. The number of nitrogens with one attached hydrogen (secondary N) is 1. The van der Waals surface area contributed by atoms with Crippen molar-refractivity contribution in [1.29, 1.82) is 0 Å². The van der Waals surface area contributed by atoms with Crippen LogP contribution in [0.15, 0.2) is 12.1 Å². The maximum atomic E-state index is 11.4. The second-order valence-corrected chi connectivity index (χ2v) is 4.00. The molecule has 1 aromatic carbocycles. The van der Waals surface area contributed by atoms with Gasteiger partial charge in [0.1, 0.15) is 5.75 Å². The fraction of sp³-hybridized carbons (Fsp3) is 0.385. The van der Waals surface area contributed by atoms with Gasteiger partial charge in [-0.05, 0) is 12.5 Å². The maximum Gasteiger partial charge on any atom is 0.257 e. The summed E-state index contributed by atoms with van der Waals surface area (Å²) in [5, 5.41) is 2.68. The Balaban J connectivity index is 2.03. The van der Waals surface area contributed by atoms with Crippen molar-refractivity contribution in [3.05, 3.63) is 17.7 Å². The summed E-state index contributed by atoms with van der Waals surface area (Å²) >= 11 is 0. The number of hydrogen-bond acceptors (Lipinski definition) is 5. The van der Waals surface area contributed by atoms with Gasteiger partial charge in [-0.2, -0.15) is 0 Å². The fourth-order valence-corrected chi connectivity index (χ4v) is 1.61. The lowest BCUT2D eigenvalue weighted by atomic mass is 10.2. The van der Waals surface area contributed by atoms with Crippen LogP contribution < -0.4 is 19.5 Å². The predicted molar refractivity (Wildman–Crippen MR) is 66.7 cm³/mol. The van der Waals surface area contributed by atoms with Crippen LogP contribution in [0.1, 0.15) is 23.7 Å². The van der Waals surface area contributed by atoms with Gasteiger partial charge in [-0.1, -0.05) is 6.92 Å². The Kier molecular flexibility index (Phi) is 4.22. The summed E-state index contributed by atoms with van der Waals surface area (Å²) in [6, 6.07) is 3.09. The van der Waals surface area contributed by atoms with Gasteiger partial charge < -0.3 is 19.5 Å². The number of fused-ring (bicyclic) bond motifs is 1. The van der Waals surface area contributed by atoms with Crippen molar-refractivity contribution in [2.75, 3.05) is 19.9 Å². The lowest BCUT2D eigenvalue weighted by Gasteiger charge is -2.09. The zero-order valence-corrected chi connectivity index (χ0v) is 10.6. The van der Waals surface area contributed by atoms with E-state index in [0.29, 0.717) is 35.6 Å². The molecule has 1 heterocycles. The van der Waals surface area contributed by atoms with E-state index in [4.69, 9.17) is 14.2 Å². The summed E-state index contributed by atoms with van der Waals surface area (Å²) in [6.45, 7) is 2.54. The Labute approximate surface area is 110 Å². The number of carbonyl (C=O) groups is 2. The van der Waals surface area contributed by atoms with Crippen LogP contribution in [0.3, 0.4) is 0 Å². The summed E-state index contributed by atoms with van der Waals surface area (Å²) in [5.74, 6) is 1.10. The SMILES string of the molecule is CCCNC(=O)COc1cc2c(cc1C=O)OCO2. The quantitative estimate of drug-likeness (QED) is 0.780. The van der Waals surface area contributed by atoms with E-state index in [1.807, 2.05) is 6.92 Å². The molecule has 6 heteroatoms. The number of aldehydes is 1. The van der Waals surface area contributed by atoms with E-state index in [0.717, 1.165) is 6.42 Å². The fourth-order valence-electron chi connectivity index (χ4n) is 1.61. The number of hydrogen-bond donors (Lipinski definition) is 1. The van der Waals surface area contributed by atoms with Gasteiger partial charge in [0.15, 0.2) is 24.4 Å². The molecule has 0 radical (unpaired) electrons. The first-order valence-electron chi connectivity index (χ1n) is 6.03. The molecule has 0 saturated heterocycles. The monoisotopic (exact) mass is 265 g/mol. The molecule has 1 aliphatic heterocycles. The first-order valence-corrected chi connectivity index (χ1v) is 6.03. The number of carbonyl (C=O) groups excluding carboxylic acids is 2. The smallest absolute Gasteiger partial charge is 0.257 e. The minimum absolute atomic E-state index is 0.119. The van der Waals surface area contributed by atoms with Crippen LogP contribution in [0.25, 0.3) is 0 Å². The Morgan fingerprint density at radius 1 is 1.42 bits per heavy atom. The van der Waals surface area contributed by atoms with Gasteiger partial charge in [-0.3, -0.25) is 9.59 Å². The molecule has 1 N–H and O–H groups in total. The van der Waals surface area contributed by atoms with E-state index >= 15 is 0 Å². The van der Waals surface area contributed by atoms with Gasteiger partial charge >= 0.3 is 0 Å². The van der Waals surface area contributed by atoms with Crippen molar-refractivity contribution in [2.45, 2.75) is 13.3 Å². The molecule has 0 aromatic heterocycles. The summed E-state index contributed by atoms with van der Waals surface area (Å²) in [6.07, 6.45) is 1.51. The Bertz CT molecular complexity index is 486. The zero-order chi connectivity index (χ0) is 13.7. The first-order chi connectivity index (χ1) is 9.24. The van der Waals surface area contributed by atoms with E-state index in [1.54, 1.807) is 6.07 Å². The summed E-state index contributed by atoms with van der Waals surface area (Å²) in [5.41, 5.74) is 0.326. The van der Waals surface area contributed by atoms with E-state index < -0.39 is 0 Å². The average molecular weight is 265 g/mol. The van der Waals surface area contributed by atoms with Crippen molar-refractivity contribution < 1.29 is 23.8 Å². The second-order valence-electron chi connectivity index (χ2n) is 4.00. The molecule has 19 heavy (non-hydrogen) atoms. The normalized spacial score (nSPS) is 12.1. The third kappa shape index (κ3) is 3.15. The van der Waals surface area contributed by atoms with Crippen LogP contribution in [0.4, 0.5) is 0 Å². The van der Waals surface area contributed by atoms with Gasteiger partial charge in [0.2, 0.25) is 6.79 Å². The van der Waals surface area contributed by atoms with Gasteiger partial charge in [0.05, 0.1) is 5.56 Å².